The van der Waals surface area contributed by atoms with Gasteiger partial charge in [-0.2, -0.15) is 0 Å². The van der Waals surface area contributed by atoms with Gasteiger partial charge in [0.15, 0.2) is 0 Å². The second-order valence-corrected chi connectivity index (χ2v) is 38.8. The van der Waals surface area contributed by atoms with Gasteiger partial charge in [0.1, 0.15) is 0 Å². The highest BCUT2D eigenvalue weighted by atomic mass is 32.2. The number of rotatable bonds is 11. The Hall–Kier alpha value is 0.324. The first-order chi connectivity index (χ1) is 17.9. The molecule has 15 heteroatoms. The Balaban J connectivity index is -0.0000000763. The molecule has 0 radical (unpaired) electrons. The van der Waals surface area contributed by atoms with Gasteiger partial charge in [0.25, 0.3) is 0 Å². The highest BCUT2D eigenvalue weighted by molar-refractivity contribution is 7.87. The van der Waals surface area contributed by atoms with Crippen molar-refractivity contribution < 1.29 is 32.1 Å². The van der Waals surface area contributed by atoms with Crippen LogP contribution in [-0.2, 0) is 19.7 Å². The molecule has 0 aromatic heterocycles. The molecule has 8 nitrogen and oxygen atoms in total. The number of carbonyl (C=O) groups excluding carboxylic acids is 2. The Labute approximate surface area is 280 Å². The number of hydrogen-bond acceptors (Lipinski definition) is 6. The Morgan fingerprint density at radius 3 is 1.21 bits per heavy atom. The van der Waals surface area contributed by atoms with Gasteiger partial charge in [-0.1, -0.05) is 93.3 Å². The second-order valence-electron chi connectivity index (χ2n) is 14.8. The first-order valence-electron chi connectivity index (χ1n) is 14.9. The summed E-state index contributed by atoms with van der Waals surface area (Å²) in [6, 6.07) is 1.44. The topological polar surface area (TPSA) is 118 Å². The molecule has 0 atom stereocenters. The van der Waals surface area contributed by atoms with Gasteiger partial charge in [0.2, 0.25) is 5.91 Å². The summed E-state index contributed by atoms with van der Waals surface area (Å²) in [5.74, 6) is 0.188. The summed E-state index contributed by atoms with van der Waals surface area (Å²) in [6.45, 7) is 32.8. The zero-order valence-electron chi connectivity index (χ0n) is 30.3. The lowest BCUT2D eigenvalue weighted by Gasteiger charge is -2.25. The molecule has 0 heterocycles. The number of carboxylic acids is 1. The van der Waals surface area contributed by atoms with Gasteiger partial charge in [-0.15, -0.1) is 0 Å². The standard InChI is InChI=1S/C7H15NO3Si.C6H18NSi.C6H18PSi.C4H12Si.C3H10O3SSi.2CH4/c1-6(9)8(4-7(10)11)5-12(2)3;2*1-7(2,3)6-8(4)5;1-4-5(2)3;1-8(2)3-7(4,5)6;;/h12H,4-5H2,1-3H3,(H,10,11);2*8H,6H2,1-5H3;5H,4H2,1-3H3;8H,3H2,1-2H3,(H,4,5,6);2*1H4/q;2*+1;;;;/p-2. The van der Waals surface area contributed by atoms with Crippen LogP contribution in [0.3, 0.4) is 0 Å². The molecule has 0 spiro atoms. The normalized spacial score (nSPS) is 11.0. The van der Waals surface area contributed by atoms with Crippen molar-refractivity contribution in [2.75, 3.05) is 71.2 Å². The lowest BCUT2D eigenvalue weighted by Crippen LogP contribution is -2.43. The number of nitrogens with zero attached hydrogens (tertiary/aromatic N) is 2. The summed E-state index contributed by atoms with van der Waals surface area (Å²) < 4.78 is 30.9. The van der Waals surface area contributed by atoms with Crippen molar-refractivity contribution in [3.8, 4) is 0 Å². The van der Waals surface area contributed by atoms with E-state index >= 15 is 0 Å². The smallest absolute Gasteiger partial charge is 0.219 e. The molecular formula is C28H79N2O6PSSi5. The van der Waals surface area contributed by atoms with Crippen LogP contribution in [0, 0.1) is 0 Å². The molecule has 0 aromatic carbocycles. The van der Waals surface area contributed by atoms with Gasteiger partial charge in [-0.25, -0.2) is 8.42 Å². The Morgan fingerprint density at radius 2 is 1.14 bits per heavy atom. The average molecular weight is 743 g/mol. The van der Waals surface area contributed by atoms with Gasteiger partial charge in [0.05, 0.1) is 76.3 Å². The zero-order valence-corrected chi connectivity index (χ0v) is 37.8. The third kappa shape index (κ3) is 80.0. The zero-order chi connectivity index (χ0) is 34.4. The fraction of sp³-hybridized carbons (Fsp3) is 0.929. The molecule has 268 valence electrons. The maximum atomic E-state index is 10.9. The SMILES string of the molecule is C.C.CC(=O)N(CC(=O)[O-])C[SiH](C)C.CC[SiH](C)C.C[SiH](C)CS(=O)(=O)[O-].C[SiH](C)C[N+](C)(C)C.C[SiH](C)C[P+](C)(C)C. The molecule has 0 saturated carbocycles. The molecule has 0 rings (SSSR count). The van der Waals surface area contributed by atoms with Crippen molar-refractivity contribution in [1.82, 2.24) is 4.90 Å². The van der Waals surface area contributed by atoms with Crippen molar-refractivity contribution in [2.45, 2.75) is 100 Å². The summed E-state index contributed by atoms with van der Waals surface area (Å²) in [6.07, 6.45) is 2.00. The van der Waals surface area contributed by atoms with Crippen molar-refractivity contribution in [2.24, 2.45) is 0 Å². The Kier molecular flexibility index (Phi) is 42.3. The van der Waals surface area contributed by atoms with Crippen LogP contribution >= 0.6 is 7.26 Å². The maximum absolute atomic E-state index is 10.9. The molecule has 0 aliphatic carbocycles. The molecule has 0 aliphatic heterocycles. The molecule has 0 aliphatic rings. The minimum atomic E-state index is -3.91. The lowest BCUT2D eigenvalue weighted by molar-refractivity contribution is -0.859. The van der Waals surface area contributed by atoms with Crippen LogP contribution in [-0.4, -0.2) is 149 Å². The van der Waals surface area contributed by atoms with Gasteiger partial charge in [-0.05, 0) is 0 Å². The van der Waals surface area contributed by atoms with E-state index in [0.29, 0.717) is 6.17 Å². The van der Waals surface area contributed by atoms with Crippen LogP contribution in [0.2, 0.25) is 71.5 Å². The Bertz CT molecular complexity index is 740. The number of aliphatic carboxylic acids is 1. The van der Waals surface area contributed by atoms with Crippen LogP contribution in [0.1, 0.15) is 28.7 Å². The number of amides is 1. The predicted molar refractivity (Wildman–Crippen MR) is 213 cm³/mol. The number of quaternary nitrogens is 1. The summed E-state index contributed by atoms with van der Waals surface area (Å²) in [7, 11) is -0.395. The van der Waals surface area contributed by atoms with E-state index in [9.17, 15) is 27.7 Å². The number of hydrogen-bond donors (Lipinski definition) is 0. The molecule has 0 saturated heterocycles. The number of carboxylic acid groups (broad SMARTS) is 1. The van der Waals surface area contributed by atoms with E-state index in [-0.39, 0.29) is 59.1 Å². The van der Waals surface area contributed by atoms with E-state index < -0.39 is 40.9 Å². The third-order valence-electron chi connectivity index (χ3n) is 4.53. The minimum absolute atomic E-state index is 0. The minimum Gasteiger partial charge on any atom is -0.748 e. The first kappa shape index (κ1) is 58.8. The fourth-order valence-corrected chi connectivity index (χ4v) is 19.0. The maximum Gasteiger partial charge on any atom is 0.219 e. The third-order valence-corrected chi connectivity index (χ3v) is 20.8. The van der Waals surface area contributed by atoms with Crippen molar-refractivity contribution >= 4 is 73.2 Å². The molecule has 0 aromatic rings. The van der Waals surface area contributed by atoms with Gasteiger partial charge < -0.3 is 23.8 Å². The van der Waals surface area contributed by atoms with E-state index in [1.54, 1.807) is 5.79 Å². The molecule has 43 heavy (non-hydrogen) atoms. The highest BCUT2D eigenvalue weighted by Crippen LogP contribution is 2.46. The quantitative estimate of drug-likeness (QED) is 0.138. The van der Waals surface area contributed by atoms with Crippen LogP contribution in [0.25, 0.3) is 0 Å². The summed E-state index contributed by atoms with van der Waals surface area (Å²) in [5, 5.41) is 10.1. The molecule has 0 N–H and O–H groups in total. The van der Waals surface area contributed by atoms with E-state index in [4.69, 9.17) is 0 Å². The molecule has 0 bridgehead atoms. The second kappa shape index (κ2) is 31.0. The van der Waals surface area contributed by atoms with Gasteiger partial charge in [-0.3, -0.25) is 4.79 Å². The van der Waals surface area contributed by atoms with Crippen molar-refractivity contribution in [3.05, 3.63) is 0 Å². The summed E-state index contributed by atoms with van der Waals surface area (Å²) >= 11 is 0. The van der Waals surface area contributed by atoms with E-state index in [1.807, 2.05) is 13.1 Å². The van der Waals surface area contributed by atoms with Gasteiger partial charge in [0, 0.05) is 69.1 Å². The lowest BCUT2D eigenvalue weighted by atomic mass is 10.5. The molecule has 1 amide bonds. The van der Waals surface area contributed by atoms with Crippen LogP contribution in [0.15, 0.2) is 0 Å². The van der Waals surface area contributed by atoms with Crippen molar-refractivity contribution in [3.63, 3.8) is 0 Å². The number of carbonyl (C=O) groups is 2. The van der Waals surface area contributed by atoms with Crippen LogP contribution in [0.4, 0.5) is 0 Å². The molecule has 0 fully saturated rings. The fourth-order valence-electron chi connectivity index (χ4n) is 3.50. The van der Waals surface area contributed by atoms with Gasteiger partial charge >= 0.3 is 0 Å². The summed E-state index contributed by atoms with van der Waals surface area (Å²) in [4.78, 5) is 22.4. The van der Waals surface area contributed by atoms with Crippen molar-refractivity contribution in [1.29, 1.82) is 0 Å². The average Bonchev–Trinajstić information content (AvgIpc) is 2.62. The monoisotopic (exact) mass is 742 g/mol. The van der Waals surface area contributed by atoms with E-state index in [0.717, 1.165) is 4.48 Å². The van der Waals surface area contributed by atoms with Crippen LogP contribution in [0.5, 0.6) is 0 Å². The van der Waals surface area contributed by atoms with Crippen LogP contribution < -0.4 is 5.11 Å². The highest BCUT2D eigenvalue weighted by Gasteiger charge is 2.18. The molecular weight excluding hydrogens is 664 g/mol. The van der Waals surface area contributed by atoms with E-state index in [1.165, 1.54) is 24.0 Å². The predicted octanol–water partition coefficient (Wildman–Crippen LogP) is 3.57. The van der Waals surface area contributed by atoms with E-state index in [2.05, 4.69) is 100 Å². The summed E-state index contributed by atoms with van der Waals surface area (Å²) in [5.41, 5.74) is 0. The molecule has 0 unspecified atom stereocenters. The largest absolute Gasteiger partial charge is 0.748 e. The first-order valence-corrected chi connectivity index (χ1v) is 35.5. The Morgan fingerprint density at radius 1 is 0.767 bits per heavy atom.